The van der Waals surface area contributed by atoms with Crippen LogP contribution in [0.15, 0.2) is 0 Å². The first-order chi connectivity index (χ1) is 7.20. The summed E-state index contributed by atoms with van der Waals surface area (Å²) in [6.07, 6.45) is 6.75. The van der Waals surface area contributed by atoms with Gasteiger partial charge in [-0.25, -0.2) is 4.79 Å². The van der Waals surface area contributed by atoms with Crippen LogP contribution in [0.4, 0.5) is 0 Å². The monoisotopic (exact) mass is 216 g/mol. The predicted molar refractivity (Wildman–Crippen MR) is 56.2 cm³/mol. The smallest absolute Gasteiger partial charge is 0.339 e. The molecule has 0 bridgehead atoms. The average molecular weight is 216 g/mol. The predicted octanol–water partition coefficient (Wildman–Crippen LogP) is 1.80. The lowest BCUT2D eigenvalue weighted by molar-refractivity contribution is -0.161. The van der Waals surface area contributed by atoms with E-state index in [1.165, 1.54) is 19.3 Å². The van der Waals surface area contributed by atoms with E-state index in [0.29, 0.717) is 0 Å². The molecule has 0 amide bonds. The minimum Gasteiger partial charge on any atom is -0.391 e. The average Bonchev–Trinajstić information content (AvgIpc) is 2.23. The van der Waals surface area contributed by atoms with Gasteiger partial charge in [-0.2, -0.15) is 0 Å². The van der Waals surface area contributed by atoms with Crippen molar-refractivity contribution in [3.8, 4) is 0 Å². The summed E-state index contributed by atoms with van der Waals surface area (Å²) in [6, 6.07) is 0. The van der Waals surface area contributed by atoms with Crippen LogP contribution in [0.3, 0.4) is 0 Å². The van der Waals surface area contributed by atoms with Crippen LogP contribution in [-0.2, 0) is 14.3 Å². The first-order valence-corrected chi connectivity index (χ1v) is 5.55. The number of aliphatic hydroxyl groups excluding tert-OH is 1. The van der Waals surface area contributed by atoms with Gasteiger partial charge >= 0.3 is 11.9 Å². The Kier molecular flexibility index (Phi) is 9.07. The highest BCUT2D eigenvalue weighted by Crippen LogP contribution is 2.07. The minimum atomic E-state index is -0.869. The summed E-state index contributed by atoms with van der Waals surface area (Å²) < 4.78 is 4.30. The zero-order valence-electron chi connectivity index (χ0n) is 9.33. The molecule has 0 unspecified atom stereocenters. The molecule has 0 saturated heterocycles. The van der Waals surface area contributed by atoms with E-state index in [-0.39, 0.29) is 6.42 Å². The van der Waals surface area contributed by atoms with Crippen LogP contribution in [0.2, 0.25) is 0 Å². The second-order valence-corrected chi connectivity index (χ2v) is 3.52. The molecule has 0 fully saturated rings. The van der Waals surface area contributed by atoms with Gasteiger partial charge in [0.2, 0.25) is 0 Å². The number of unbranched alkanes of at least 4 members (excludes halogenated alkanes) is 5. The molecule has 0 aliphatic carbocycles. The first kappa shape index (κ1) is 14.1. The molecule has 0 aliphatic rings. The molecule has 0 atom stereocenters. The molecule has 0 aliphatic heterocycles. The number of hydrogen-bond donors (Lipinski definition) is 1. The summed E-state index contributed by atoms with van der Waals surface area (Å²) >= 11 is 0. The number of aliphatic hydroxyl groups is 1. The second-order valence-electron chi connectivity index (χ2n) is 3.52. The number of rotatable bonds is 8. The third-order valence-electron chi connectivity index (χ3n) is 2.09. The fourth-order valence-corrected chi connectivity index (χ4v) is 1.26. The Morgan fingerprint density at radius 1 is 1.00 bits per heavy atom. The van der Waals surface area contributed by atoms with Gasteiger partial charge in [0.25, 0.3) is 0 Å². The molecule has 88 valence electrons. The molecule has 0 heterocycles. The third kappa shape index (κ3) is 9.41. The first-order valence-electron chi connectivity index (χ1n) is 5.55. The molecular weight excluding hydrogens is 196 g/mol. The molecule has 0 rings (SSSR count). The lowest BCUT2D eigenvalue weighted by Gasteiger charge is -2.01. The minimum absolute atomic E-state index is 0.262. The summed E-state index contributed by atoms with van der Waals surface area (Å²) in [4.78, 5) is 21.5. The largest absolute Gasteiger partial charge is 0.391 e. The van der Waals surface area contributed by atoms with Crippen molar-refractivity contribution in [1.82, 2.24) is 0 Å². The van der Waals surface area contributed by atoms with Gasteiger partial charge in [0.05, 0.1) is 0 Å². The lowest BCUT2D eigenvalue weighted by atomic mass is 10.1. The van der Waals surface area contributed by atoms with E-state index in [1.54, 1.807) is 0 Å². The molecule has 0 saturated carbocycles. The molecule has 15 heavy (non-hydrogen) atoms. The summed E-state index contributed by atoms with van der Waals surface area (Å²) in [5.41, 5.74) is 0. The van der Waals surface area contributed by atoms with Crippen molar-refractivity contribution in [3.63, 3.8) is 0 Å². The maximum atomic E-state index is 10.9. The number of hydrogen-bond acceptors (Lipinski definition) is 4. The SMILES string of the molecule is CCCCCCCCC(=O)OC(=O)CO. The Morgan fingerprint density at radius 2 is 1.60 bits per heavy atom. The number of carbonyl (C=O) groups is 2. The zero-order valence-corrected chi connectivity index (χ0v) is 9.33. The molecular formula is C11H20O4. The van der Waals surface area contributed by atoms with E-state index in [1.807, 2.05) is 0 Å². The highest BCUT2D eigenvalue weighted by atomic mass is 16.6. The van der Waals surface area contributed by atoms with Crippen LogP contribution in [-0.4, -0.2) is 23.7 Å². The van der Waals surface area contributed by atoms with Crippen molar-refractivity contribution in [2.45, 2.75) is 51.9 Å². The van der Waals surface area contributed by atoms with Crippen LogP contribution >= 0.6 is 0 Å². The molecule has 0 aromatic rings. The van der Waals surface area contributed by atoms with Gasteiger partial charge < -0.3 is 9.84 Å². The van der Waals surface area contributed by atoms with Gasteiger partial charge in [0.1, 0.15) is 6.61 Å². The van der Waals surface area contributed by atoms with E-state index in [2.05, 4.69) is 11.7 Å². The second kappa shape index (κ2) is 9.65. The van der Waals surface area contributed by atoms with E-state index in [4.69, 9.17) is 5.11 Å². The third-order valence-corrected chi connectivity index (χ3v) is 2.09. The normalized spacial score (nSPS) is 10.0. The van der Waals surface area contributed by atoms with Gasteiger partial charge in [0, 0.05) is 6.42 Å². The van der Waals surface area contributed by atoms with Crippen LogP contribution in [0.1, 0.15) is 51.9 Å². The van der Waals surface area contributed by atoms with Crippen LogP contribution < -0.4 is 0 Å². The standard InChI is InChI=1S/C11H20O4/c1-2-3-4-5-6-7-8-10(13)15-11(14)9-12/h12H,2-9H2,1H3. The zero-order chi connectivity index (χ0) is 11.5. The lowest BCUT2D eigenvalue weighted by Crippen LogP contribution is -2.14. The molecule has 1 N–H and O–H groups in total. The van der Waals surface area contributed by atoms with Crippen molar-refractivity contribution in [2.24, 2.45) is 0 Å². The van der Waals surface area contributed by atoms with Gasteiger partial charge in [-0.1, -0.05) is 39.0 Å². The summed E-state index contributed by atoms with van der Waals surface area (Å²) in [5.74, 6) is -1.41. The molecule has 4 heteroatoms. The Morgan fingerprint density at radius 3 is 2.20 bits per heavy atom. The summed E-state index contributed by atoms with van der Waals surface area (Å²) in [7, 11) is 0. The highest BCUT2D eigenvalue weighted by molar-refractivity contribution is 5.85. The summed E-state index contributed by atoms with van der Waals surface area (Å²) in [6.45, 7) is 1.42. The van der Waals surface area contributed by atoms with E-state index in [0.717, 1.165) is 19.3 Å². The molecule has 0 aromatic carbocycles. The van der Waals surface area contributed by atoms with Crippen molar-refractivity contribution in [1.29, 1.82) is 0 Å². The topological polar surface area (TPSA) is 63.6 Å². The van der Waals surface area contributed by atoms with Crippen molar-refractivity contribution in [2.75, 3.05) is 6.61 Å². The number of esters is 2. The van der Waals surface area contributed by atoms with Gasteiger partial charge in [-0.05, 0) is 6.42 Å². The maximum Gasteiger partial charge on any atom is 0.339 e. The maximum absolute atomic E-state index is 10.9. The Bertz CT molecular complexity index is 189. The van der Waals surface area contributed by atoms with Crippen molar-refractivity contribution in [3.05, 3.63) is 0 Å². The fraction of sp³-hybridized carbons (Fsp3) is 0.818. The molecule has 0 aromatic heterocycles. The molecule has 0 radical (unpaired) electrons. The molecule has 0 spiro atoms. The quantitative estimate of drug-likeness (QED) is 0.382. The van der Waals surface area contributed by atoms with Crippen LogP contribution in [0, 0.1) is 0 Å². The van der Waals surface area contributed by atoms with E-state index in [9.17, 15) is 9.59 Å². The van der Waals surface area contributed by atoms with Crippen molar-refractivity contribution < 1.29 is 19.4 Å². The van der Waals surface area contributed by atoms with E-state index >= 15 is 0 Å². The fourth-order valence-electron chi connectivity index (χ4n) is 1.26. The number of carbonyl (C=O) groups excluding carboxylic acids is 2. The van der Waals surface area contributed by atoms with Gasteiger partial charge in [0.15, 0.2) is 0 Å². The highest BCUT2D eigenvalue weighted by Gasteiger charge is 2.07. The van der Waals surface area contributed by atoms with Crippen LogP contribution in [0.25, 0.3) is 0 Å². The van der Waals surface area contributed by atoms with E-state index < -0.39 is 18.5 Å². The van der Waals surface area contributed by atoms with Gasteiger partial charge in [-0.15, -0.1) is 0 Å². The summed E-state index contributed by atoms with van der Waals surface area (Å²) in [5, 5.41) is 8.33. The number of ether oxygens (including phenoxy) is 1. The van der Waals surface area contributed by atoms with Crippen molar-refractivity contribution >= 4 is 11.9 Å². The Labute approximate surface area is 90.6 Å². The van der Waals surface area contributed by atoms with Gasteiger partial charge in [-0.3, -0.25) is 4.79 Å². The Hall–Kier alpha value is -0.900. The van der Waals surface area contributed by atoms with Crippen LogP contribution in [0.5, 0.6) is 0 Å². The molecule has 4 nitrogen and oxygen atoms in total. The Balaban J connectivity index is 3.28.